The lowest BCUT2D eigenvalue weighted by molar-refractivity contribution is -0.139. The lowest BCUT2D eigenvalue weighted by atomic mass is 10.0. The number of hydrogen-bond donors (Lipinski definition) is 4. The molecule has 1 aromatic heterocycles. The number of hydrogen-bond acceptors (Lipinski definition) is 3. The monoisotopic (exact) mass is 267 g/mol. The van der Waals surface area contributed by atoms with E-state index in [0.717, 1.165) is 0 Å². The first-order valence-corrected chi connectivity index (χ1v) is 5.83. The fraction of sp³-hybridized carbons (Fsp3) is 0.417. The minimum atomic E-state index is -1.09. The highest BCUT2D eigenvalue weighted by Gasteiger charge is 2.22. The van der Waals surface area contributed by atoms with Crippen molar-refractivity contribution < 1.29 is 19.5 Å². The highest BCUT2D eigenvalue weighted by molar-refractivity contribution is 5.99. The second kappa shape index (κ2) is 6.03. The highest BCUT2D eigenvalue weighted by atomic mass is 16.4. The number of carbonyl (C=O) groups excluding carboxylic acids is 2. The molecule has 7 heteroatoms. The first-order chi connectivity index (χ1) is 8.81. The smallest absolute Gasteiger partial charge is 0.326 e. The molecule has 0 aliphatic rings. The molecule has 1 atom stereocenters. The van der Waals surface area contributed by atoms with Crippen LogP contribution in [0.15, 0.2) is 12.3 Å². The molecule has 2 amide bonds. The molecule has 0 spiro atoms. The van der Waals surface area contributed by atoms with E-state index < -0.39 is 23.8 Å². The number of carbonyl (C=O) groups is 3. The topological polar surface area (TPSA) is 125 Å². The predicted octanol–water partition coefficient (Wildman–Crippen LogP) is 0.343. The fourth-order valence-electron chi connectivity index (χ4n) is 1.60. The Labute approximate surface area is 110 Å². The van der Waals surface area contributed by atoms with E-state index in [2.05, 4.69) is 10.3 Å². The molecule has 0 aromatic carbocycles. The third-order valence-corrected chi connectivity index (χ3v) is 2.52. The minimum absolute atomic E-state index is 0.101. The van der Waals surface area contributed by atoms with Crippen molar-refractivity contribution in [1.82, 2.24) is 10.3 Å². The normalized spacial score (nSPS) is 12.2. The number of aliphatic carboxylic acids is 1. The number of nitrogens with one attached hydrogen (secondary N) is 2. The summed E-state index contributed by atoms with van der Waals surface area (Å²) in [7, 11) is 0. The van der Waals surface area contributed by atoms with Crippen LogP contribution in [-0.4, -0.2) is 33.9 Å². The molecule has 0 radical (unpaired) electrons. The molecule has 104 valence electrons. The predicted molar refractivity (Wildman–Crippen MR) is 67.7 cm³/mol. The highest BCUT2D eigenvalue weighted by Crippen LogP contribution is 2.07. The van der Waals surface area contributed by atoms with Crippen LogP contribution in [0.2, 0.25) is 0 Å². The van der Waals surface area contributed by atoms with Crippen molar-refractivity contribution >= 4 is 17.8 Å². The molecule has 1 rings (SSSR count). The second-order valence-corrected chi connectivity index (χ2v) is 4.66. The summed E-state index contributed by atoms with van der Waals surface area (Å²) in [4.78, 5) is 36.3. The van der Waals surface area contributed by atoms with Gasteiger partial charge in [0, 0.05) is 6.20 Å². The first-order valence-electron chi connectivity index (χ1n) is 5.83. The summed E-state index contributed by atoms with van der Waals surface area (Å²) >= 11 is 0. The number of carboxylic acid groups (broad SMARTS) is 1. The molecule has 1 aromatic rings. The van der Waals surface area contributed by atoms with Crippen LogP contribution in [0.1, 0.15) is 41.1 Å². The maximum absolute atomic E-state index is 11.8. The van der Waals surface area contributed by atoms with Crippen LogP contribution in [0, 0.1) is 5.92 Å². The molecule has 0 aliphatic carbocycles. The van der Waals surface area contributed by atoms with Gasteiger partial charge in [0.2, 0.25) is 5.91 Å². The van der Waals surface area contributed by atoms with Crippen molar-refractivity contribution in [2.75, 3.05) is 0 Å². The first kappa shape index (κ1) is 14.7. The van der Waals surface area contributed by atoms with E-state index in [1.165, 1.54) is 12.3 Å². The Kier molecular flexibility index (Phi) is 4.68. The Balaban J connectivity index is 2.75. The average Bonchev–Trinajstić information content (AvgIpc) is 2.76. The zero-order valence-electron chi connectivity index (χ0n) is 10.8. The van der Waals surface area contributed by atoms with E-state index >= 15 is 0 Å². The molecule has 1 heterocycles. The number of amides is 2. The number of H-pyrrole nitrogens is 1. The summed E-state index contributed by atoms with van der Waals surface area (Å²) < 4.78 is 0. The van der Waals surface area contributed by atoms with Gasteiger partial charge >= 0.3 is 5.97 Å². The average molecular weight is 267 g/mol. The molecule has 0 fully saturated rings. The van der Waals surface area contributed by atoms with E-state index in [0.29, 0.717) is 6.42 Å². The minimum Gasteiger partial charge on any atom is -0.480 e. The molecule has 0 saturated heterocycles. The lowest BCUT2D eigenvalue weighted by Crippen LogP contribution is -2.41. The molecule has 19 heavy (non-hydrogen) atoms. The van der Waals surface area contributed by atoms with Gasteiger partial charge in [-0.3, -0.25) is 9.59 Å². The largest absolute Gasteiger partial charge is 0.480 e. The Morgan fingerprint density at radius 2 is 2.05 bits per heavy atom. The van der Waals surface area contributed by atoms with Gasteiger partial charge in [0.25, 0.3) is 5.91 Å². The zero-order chi connectivity index (χ0) is 14.6. The van der Waals surface area contributed by atoms with Crippen molar-refractivity contribution in [3.05, 3.63) is 23.5 Å². The number of aromatic amines is 1. The molecule has 0 aliphatic heterocycles. The van der Waals surface area contributed by atoms with E-state index in [1.807, 2.05) is 13.8 Å². The van der Waals surface area contributed by atoms with Gasteiger partial charge in [0.1, 0.15) is 11.7 Å². The molecular formula is C12H17N3O4. The number of aromatic nitrogens is 1. The number of rotatable bonds is 6. The molecule has 0 saturated carbocycles. The molecule has 5 N–H and O–H groups in total. The third kappa shape index (κ3) is 4.13. The van der Waals surface area contributed by atoms with Gasteiger partial charge in [-0.1, -0.05) is 13.8 Å². The van der Waals surface area contributed by atoms with Gasteiger partial charge in [-0.2, -0.15) is 0 Å². The van der Waals surface area contributed by atoms with Crippen LogP contribution in [0.5, 0.6) is 0 Å². The maximum Gasteiger partial charge on any atom is 0.326 e. The quantitative estimate of drug-likeness (QED) is 0.593. The molecule has 0 unspecified atom stereocenters. The Hall–Kier alpha value is -2.31. The lowest BCUT2D eigenvalue weighted by Gasteiger charge is -2.15. The van der Waals surface area contributed by atoms with E-state index in [9.17, 15) is 14.4 Å². The summed E-state index contributed by atoms with van der Waals surface area (Å²) in [5, 5.41) is 11.4. The Morgan fingerprint density at radius 3 is 2.47 bits per heavy atom. The van der Waals surface area contributed by atoms with Crippen molar-refractivity contribution in [1.29, 1.82) is 0 Å². The summed E-state index contributed by atoms with van der Waals surface area (Å²) in [5.74, 6) is -2.21. The van der Waals surface area contributed by atoms with Crippen LogP contribution < -0.4 is 11.1 Å². The Bertz CT molecular complexity index is 493. The molecule has 0 bridgehead atoms. The van der Waals surface area contributed by atoms with Gasteiger partial charge in [0.05, 0.1) is 5.56 Å². The van der Waals surface area contributed by atoms with E-state index in [-0.39, 0.29) is 17.2 Å². The van der Waals surface area contributed by atoms with Crippen LogP contribution >= 0.6 is 0 Å². The standard InChI is InChI=1S/C12H17N3O4/c1-6(2)3-9(12(18)19)15-11(17)8-4-7(5-14-8)10(13)16/h4-6,9,14H,3H2,1-2H3,(H2,13,16)(H,15,17)(H,18,19)/t9-/m1/s1. The Morgan fingerprint density at radius 1 is 1.42 bits per heavy atom. The van der Waals surface area contributed by atoms with E-state index in [4.69, 9.17) is 10.8 Å². The van der Waals surface area contributed by atoms with Crippen LogP contribution in [0.25, 0.3) is 0 Å². The molecular weight excluding hydrogens is 250 g/mol. The fourth-order valence-corrected chi connectivity index (χ4v) is 1.60. The van der Waals surface area contributed by atoms with Gasteiger partial charge in [-0.05, 0) is 18.4 Å². The number of primary amides is 1. The van der Waals surface area contributed by atoms with E-state index in [1.54, 1.807) is 0 Å². The van der Waals surface area contributed by atoms with Gasteiger partial charge < -0.3 is 21.1 Å². The van der Waals surface area contributed by atoms with Gasteiger partial charge in [-0.15, -0.1) is 0 Å². The second-order valence-electron chi connectivity index (χ2n) is 4.66. The third-order valence-electron chi connectivity index (χ3n) is 2.52. The molecule has 7 nitrogen and oxygen atoms in total. The summed E-state index contributed by atoms with van der Waals surface area (Å²) in [6.07, 6.45) is 1.62. The van der Waals surface area contributed by atoms with Gasteiger partial charge in [0.15, 0.2) is 0 Å². The van der Waals surface area contributed by atoms with Crippen LogP contribution in [0.3, 0.4) is 0 Å². The summed E-state index contributed by atoms with van der Waals surface area (Å²) in [6, 6.07) is 0.319. The SMILES string of the molecule is CC(C)C[C@@H](NC(=O)c1cc(C(N)=O)c[nH]1)C(=O)O. The van der Waals surface area contributed by atoms with Crippen molar-refractivity contribution in [3.63, 3.8) is 0 Å². The van der Waals surface area contributed by atoms with Crippen molar-refractivity contribution in [2.45, 2.75) is 26.3 Å². The maximum atomic E-state index is 11.8. The zero-order valence-corrected chi connectivity index (χ0v) is 10.8. The number of carboxylic acids is 1. The van der Waals surface area contributed by atoms with Crippen LogP contribution in [0.4, 0.5) is 0 Å². The summed E-state index contributed by atoms with van der Waals surface area (Å²) in [5.41, 5.74) is 5.33. The van der Waals surface area contributed by atoms with Gasteiger partial charge in [-0.25, -0.2) is 4.79 Å². The van der Waals surface area contributed by atoms with Crippen LogP contribution in [-0.2, 0) is 4.79 Å². The van der Waals surface area contributed by atoms with Crippen molar-refractivity contribution in [2.24, 2.45) is 11.7 Å². The summed E-state index contributed by atoms with van der Waals surface area (Å²) in [6.45, 7) is 3.73. The number of nitrogens with two attached hydrogens (primary N) is 1. The van der Waals surface area contributed by atoms with Crippen molar-refractivity contribution in [3.8, 4) is 0 Å².